The van der Waals surface area contributed by atoms with Crippen molar-refractivity contribution in [2.24, 2.45) is 5.92 Å². The maximum atomic E-state index is 14.0. The lowest BCUT2D eigenvalue weighted by atomic mass is 9.77. The fraction of sp³-hybridized carbons (Fsp3) is 0.529. The first kappa shape index (κ1) is 31.8. The Labute approximate surface area is 258 Å². The summed E-state index contributed by atoms with van der Waals surface area (Å²) < 4.78 is 17.5. The largest absolute Gasteiger partial charge is 0.496 e. The Morgan fingerprint density at radius 1 is 1.07 bits per heavy atom. The molecule has 4 N–H and O–H groups in total. The van der Waals surface area contributed by atoms with Crippen molar-refractivity contribution in [1.82, 2.24) is 10.2 Å². The van der Waals surface area contributed by atoms with E-state index in [1.165, 1.54) is 20.0 Å². The van der Waals surface area contributed by atoms with Gasteiger partial charge >= 0.3 is 0 Å². The van der Waals surface area contributed by atoms with Gasteiger partial charge in [0.2, 0.25) is 11.8 Å². The smallest absolute Gasteiger partial charge is 0.247 e. The highest BCUT2D eigenvalue weighted by atomic mass is 16.5. The van der Waals surface area contributed by atoms with Gasteiger partial charge in [-0.3, -0.25) is 9.59 Å². The molecule has 2 aromatic rings. The van der Waals surface area contributed by atoms with Gasteiger partial charge in [-0.15, -0.1) is 0 Å². The van der Waals surface area contributed by atoms with E-state index in [4.69, 9.17) is 14.2 Å². The van der Waals surface area contributed by atoms with Gasteiger partial charge in [0, 0.05) is 30.6 Å². The summed E-state index contributed by atoms with van der Waals surface area (Å²) in [5.74, 6) is 0.854. The average molecular weight is 609 g/mol. The quantitative estimate of drug-likeness (QED) is 0.273. The zero-order valence-corrected chi connectivity index (χ0v) is 25.5. The second-order valence-electron chi connectivity index (χ2n) is 11.9. The minimum absolute atomic E-state index is 0.0479. The molecule has 2 amide bonds. The third-order valence-electron chi connectivity index (χ3n) is 9.23. The van der Waals surface area contributed by atoms with Gasteiger partial charge in [0.15, 0.2) is 11.5 Å². The SMILES string of the molecule is COc1ccccc1CCN(C(=O)CCC1CCCC1)C1C=C(C(=O)NCCO)C2c3cc(CO)cc(OC)c3OC2C1O. The number of carbonyl (C=O) groups is 2. The van der Waals surface area contributed by atoms with Crippen molar-refractivity contribution in [2.45, 2.75) is 75.7 Å². The summed E-state index contributed by atoms with van der Waals surface area (Å²) in [6.07, 6.45) is 5.91. The Kier molecular flexibility index (Phi) is 10.5. The lowest BCUT2D eigenvalue weighted by Gasteiger charge is -2.41. The van der Waals surface area contributed by atoms with E-state index in [9.17, 15) is 24.9 Å². The average Bonchev–Trinajstić information content (AvgIpc) is 3.72. The molecule has 0 aromatic heterocycles. The number of rotatable bonds is 13. The summed E-state index contributed by atoms with van der Waals surface area (Å²) in [7, 11) is 3.11. The Hall–Kier alpha value is -3.60. The van der Waals surface area contributed by atoms with E-state index >= 15 is 0 Å². The van der Waals surface area contributed by atoms with Gasteiger partial charge in [0.25, 0.3) is 0 Å². The van der Waals surface area contributed by atoms with Crippen LogP contribution in [-0.2, 0) is 22.6 Å². The van der Waals surface area contributed by atoms with Gasteiger partial charge in [-0.25, -0.2) is 0 Å². The van der Waals surface area contributed by atoms with Crippen LogP contribution in [0.1, 0.15) is 61.1 Å². The molecule has 0 bridgehead atoms. The molecular formula is C34H44N2O8. The summed E-state index contributed by atoms with van der Waals surface area (Å²) in [5, 5.41) is 34.0. The molecule has 10 nitrogen and oxygen atoms in total. The third kappa shape index (κ3) is 6.57. The Balaban J connectivity index is 1.52. The van der Waals surface area contributed by atoms with Gasteiger partial charge in [-0.05, 0) is 54.2 Å². The van der Waals surface area contributed by atoms with Crippen molar-refractivity contribution in [2.75, 3.05) is 33.9 Å². The number of hydrogen-bond donors (Lipinski definition) is 4. The van der Waals surface area contributed by atoms with Crippen LogP contribution in [0.15, 0.2) is 48.0 Å². The van der Waals surface area contributed by atoms with Crippen LogP contribution >= 0.6 is 0 Å². The summed E-state index contributed by atoms with van der Waals surface area (Å²) in [4.78, 5) is 29.3. The van der Waals surface area contributed by atoms with Crippen molar-refractivity contribution < 1.29 is 39.1 Å². The van der Waals surface area contributed by atoms with Crippen LogP contribution in [0, 0.1) is 5.92 Å². The molecule has 0 radical (unpaired) electrons. The monoisotopic (exact) mass is 608 g/mol. The van der Waals surface area contributed by atoms with Crippen LogP contribution in [-0.4, -0.2) is 84.2 Å². The number of nitrogens with zero attached hydrogens (tertiary/aromatic N) is 1. The van der Waals surface area contributed by atoms with Gasteiger partial charge in [0.1, 0.15) is 18.0 Å². The molecule has 1 saturated carbocycles. The van der Waals surface area contributed by atoms with E-state index in [0.717, 1.165) is 30.6 Å². The van der Waals surface area contributed by atoms with Crippen molar-refractivity contribution in [1.29, 1.82) is 0 Å². The highest BCUT2D eigenvalue weighted by Crippen LogP contribution is 2.51. The molecule has 238 valence electrons. The molecule has 1 heterocycles. The number of aliphatic hydroxyl groups excluding tert-OH is 3. The Bertz CT molecular complexity index is 1350. The first-order chi connectivity index (χ1) is 21.4. The van der Waals surface area contributed by atoms with Crippen LogP contribution < -0.4 is 19.5 Å². The van der Waals surface area contributed by atoms with E-state index in [1.807, 2.05) is 24.3 Å². The topological polar surface area (TPSA) is 138 Å². The molecule has 1 aliphatic heterocycles. The van der Waals surface area contributed by atoms with Crippen LogP contribution in [0.2, 0.25) is 0 Å². The van der Waals surface area contributed by atoms with Crippen molar-refractivity contribution >= 4 is 11.8 Å². The molecule has 4 atom stereocenters. The summed E-state index contributed by atoms with van der Waals surface area (Å²) in [6, 6.07) is 10.2. The molecule has 3 aliphatic rings. The molecular weight excluding hydrogens is 564 g/mol. The predicted octanol–water partition coefficient (Wildman–Crippen LogP) is 2.86. The molecule has 1 fully saturated rings. The van der Waals surface area contributed by atoms with E-state index in [1.54, 1.807) is 30.2 Å². The molecule has 10 heteroatoms. The van der Waals surface area contributed by atoms with Crippen molar-refractivity contribution in [3.63, 3.8) is 0 Å². The van der Waals surface area contributed by atoms with Gasteiger partial charge in [-0.1, -0.05) is 43.9 Å². The standard InChI is InChI=1S/C34H44N2O8/c1-42-27-10-6-5-9-23(27)13-15-36(29(39)12-11-21-7-3-4-8-21)26-19-25(34(41)35-14-16-37)30-24-17-22(20-38)18-28(43-2)32(24)44-33(30)31(26)40/h5-6,9-10,17-19,21,26,30-31,33,37-38,40H,3-4,7-8,11-16,20H2,1-2H3,(H,35,41). The molecule has 4 unspecified atom stereocenters. The highest BCUT2D eigenvalue weighted by Gasteiger charge is 2.51. The zero-order chi connectivity index (χ0) is 31.2. The molecule has 2 aliphatic carbocycles. The minimum atomic E-state index is -1.16. The number of fused-ring (bicyclic) bond motifs is 3. The molecule has 5 rings (SSSR count). The number of nitrogens with one attached hydrogen (secondary N) is 1. The summed E-state index contributed by atoms with van der Waals surface area (Å²) >= 11 is 0. The second-order valence-corrected chi connectivity index (χ2v) is 11.9. The first-order valence-electron chi connectivity index (χ1n) is 15.6. The van der Waals surface area contributed by atoms with Crippen LogP contribution in [0.4, 0.5) is 0 Å². The lowest BCUT2D eigenvalue weighted by Crippen LogP contribution is -2.56. The van der Waals surface area contributed by atoms with Gasteiger partial charge in [-0.2, -0.15) is 0 Å². The van der Waals surface area contributed by atoms with Crippen LogP contribution in [0.5, 0.6) is 17.2 Å². The molecule has 2 aromatic carbocycles. The molecule has 0 saturated heterocycles. The first-order valence-corrected chi connectivity index (χ1v) is 15.6. The number of para-hydroxylation sites is 1. The maximum absolute atomic E-state index is 14.0. The van der Waals surface area contributed by atoms with Crippen molar-refractivity contribution in [3.8, 4) is 17.2 Å². The van der Waals surface area contributed by atoms with Crippen LogP contribution in [0.3, 0.4) is 0 Å². The van der Waals surface area contributed by atoms with E-state index < -0.39 is 30.1 Å². The number of aliphatic hydroxyl groups is 3. The number of ether oxygens (including phenoxy) is 3. The van der Waals surface area contributed by atoms with Crippen LogP contribution in [0.25, 0.3) is 0 Å². The number of amides is 2. The Morgan fingerprint density at radius 3 is 2.52 bits per heavy atom. The van der Waals surface area contributed by atoms with E-state index in [2.05, 4.69) is 5.32 Å². The highest BCUT2D eigenvalue weighted by molar-refractivity contribution is 5.96. The fourth-order valence-corrected chi connectivity index (χ4v) is 6.98. The van der Waals surface area contributed by atoms with E-state index in [-0.39, 0.29) is 25.7 Å². The zero-order valence-electron chi connectivity index (χ0n) is 25.5. The number of benzene rings is 2. The van der Waals surface area contributed by atoms with Crippen molar-refractivity contribution in [3.05, 3.63) is 64.7 Å². The number of methoxy groups -OCH3 is 2. The maximum Gasteiger partial charge on any atom is 0.247 e. The van der Waals surface area contributed by atoms with E-state index in [0.29, 0.717) is 53.5 Å². The normalized spacial score (nSPS) is 22.4. The molecule has 44 heavy (non-hydrogen) atoms. The van der Waals surface area contributed by atoms with Gasteiger partial charge in [0.05, 0.1) is 39.4 Å². The summed E-state index contributed by atoms with van der Waals surface area (Å²) in [5.41, 5.74) is 2.47. The Morgan fingerprint density at radius 2 is 1.82 bits per heavy atom. The fourth-order valence-electron chi connectivity index (χ4n) is 6.98. The third-order valence-corrected chi connectivity index (χ3v) is 9.23. The number of carbonyl (C=O) groups excluding carboxylic acids is 2. The summed E-state index contributed by atoms with van der Waals surface area (Å²) in [6.45, 7) is -0.129. The lowest BCUT2D eigenvalue weighted by molar-refractivity contribution is -0.137. The predicted molar refractivity (Wildman–Crippen MR) is 164 cm³/mol. The minimum Gasteiger partial charge on any atom is -0.496 e. The van der Waals surface area contributed by atoms with Gasteiger partial charge < -0.3 is 39.7 Å². The number of hydrogen-bond acceptors (Lipinski definition) is 8. The molecule has 0 spiro atoms. The second kappa shape index (κ2) is 14.5.